The minimum atomic E-state index is 0.612. The predicted octanol–water partition coefficient (Wildman–Crippen LogP) is 12.2. The van der Waals surface area contributed by atoms with E-state index >= 15 is 0 Å². The van der Waals surface area contributed by atoms with Crippen LogP contribution < -0.4 is 5.32 Å². The number of hydrogen-bond acceptors (Lipinski definition) is 2. The van der Waals surface area contributed by atoms with E-state index in [4.69, 9.17) is 0 Å². The van der Waals surface area contributed by atoms with Crippen LogP contribution in [-0.4, -0.2) is 30.7 Å². The second-order valence-electron chi connectivity index (χ2n) is 12.4. The molecule has 0 aliphatic heterocycles. The lowest BCUT2D eigenvalue weighted by atomic mass is 10.1. The average molecular weight is 537 g/mol. The monoisotopic (exact) mass is 537 g/mol. The maximum Gasteiger partial charge on any atom is 0.0597 e. The zero-order valence-electron chi connectivity index (χ0n) is 27.4. The van der Waals surface area contributed by atoms with Gasteiger partial charge in [-0.3, -0.25) is 4.90 Å². The van der Waals surface area contributed by atoms with E-state index in [2.05, 4.69) is 37.9 Å². The fourth-order valence-electron chi connectivity index (χ4n) is 5.85. The molecule has 0 saturated heterocycles. The molecule has 0 rings (SSSR count). The van der Waals surface area contributed by atoms with Crippen molar-refractivity contribution in [2.45, 2.75) is 214 Å². The Bertz CT molecular complexity index is 392. The Hall–Kier alpha value is -0.0800. The number of unbranched alkanes of at least 4 members (excludes halogenated alkanes) is 23. The molecule has 0 spiro atoms. The van der Waals surface area contributed by atoms with Crippen molar-refractivity contribution in [1.82, 2.24) is 10.2 Å². The van der Waals surface area contributed by atoms with Crippen LogP contribution in [0.25, 0.3) is 0 Å². The molecule has 0 aliphatic rings. The van der Waals surface area contributed by atoms with Gasteiger partial charge in [0.2, 0.25) is 0 Å². The number of nitrogens with one attached hydrogen (secondary N) is 1. The molecule has 230 valence electrons. The summed E-state index contributed by atoms with van der Waals surface area (Å²) in [7, 11) is 0. The van der Waals surface area contributed by atoms with Gasteiger partial charge in [-0.25, -0.2) is 0 Å². The summed E-state index contributed by atoms with van der Waals surface area (Å²) in [5.74, 6) is 0. The molecule has 0 heterocycles. The Kier molecular flexibility index (Phi) is 33.1. The van der Waals surface area contributed by atoms with E-state index in [1.165, 1.54) is 199 Å². The molecule has 0 saturated carbocycles. The Morgan fingerprint density at radius 2 is 0.684 bits per heavy atom. The zero-order chi connectivity index (χ0) is 27.8. The Morgan fingerprint density at radius 3 is 1.08 bits per heavy atom. The molecule has 1 N–H and O–H groups in total. The van der Waals surface area contributed by atoms with Crippen molar-refractivity contribution >= 4 is 0 Å². The van der Waals surface area contributed by atoms with Crippen LogP contribution in [0.5, 0.6) is 0 Å². The van der Waals surface area contributed by atoms with Crippen molar-refractivity contribution in [3.05, 3.63) is 0 Å². The van der Waals surface area contributed by atoms with Gasteiger partial charge in [0.1, 0.15) is 0 Å². The summed E-state index contributed by atoms with van der Waals surface area (Å²) in [6.45, 7) is 13.1. The molecule has 2 nitrogen and oxygen atoms in total. The van der Waals surface area contributed by atoms with Gasteiger partial charge in [0.05, 0.1) is 6.17 Å². The summed E-state index contributed by atoms with van der Waals surface area (Å²) in [6, 6.07) is 0. The largest absolute Gasteiger partial charge is 0.302 e. The van der Waals surface area contributed by atoms with Crippen LogP contribution in [0.4, 0.5) is 0 Å². The minimum Gasteiger partial charge on any atom is -0.302 e. The Balaban J connectivity index is 4.69. The molecule has 0 amide bonds. The first-order valence-corrected chi connectivity index (χ1v) is 18.3. The first-order valence-electron chi connectivity index (χ1n) is 18.3. The third-order valence-electron chi connectivity index (χ3n) is 8.53. The number of nitrogens with zero attached hydrogens (tertiary/aromatic N) is 1. The van der Waals surface area contributed by atoms with Crippen LogP contribution >= 0.6 is 0 Å². The molecule has 38 heavy (non-hydrogen) atoms. The van der Waals surface area contributed by atoms with E-state index in [0.717, 1.165) is 0 Å². The van der Waals surface area contributed by atoms with Crippen LogP contribution in [0.15, 0.2) is 0 Å². The molecule has 1 atom stereocenters. The lowest BCUT2D eigenvalue weighted by Gasteiger charge is -2.33. The fraction of sp³-hybridized carbons (Fsp3) is 1.00. The topological polar surface area (TPSA) is 15.3 Å². The van der Waals surface area contributed by atoms with Crippen molar-refractivity contribution in [3.8, 4) is 0 Å². The lowest BCUT2D eigenvalue weighted by Crippen LogP contribution is -2.47. The zero-order valence-corrected chi connectivity index (χ0v) is 27.4. The maximum absolute atomic E-state index is 4.09. The van der Waals surface area contributed by atoms with E-state index in [9.17, 15) is 0 Å². The van der Waals surface area contributed by atoms with Gasteiger partial charge >= 0.3 is 0 Å². The van der Waals surface area contributed by atoms with Gasteiger partial charge in [-0.05, 0) is 45.3 Å². The predicted molar refractivity (Wildman–Crippen MR) is 175 cm³/mol. The normalized spacial score (nSPS) is 12.6. The third kappa shape index (κ3) is 27.5. The second kappa shape index (κ2) is 33.1. The first kappa shape index (κ1) is 37.9. The van der Waals surface area contributed by atoms with E-state index in [1.54, 1.807) is 0 Å². The van der Waals surface area contributed by atoms with Crippen molar-refractivity contribution in [2.75, 3.05) is 19.6 Å². The molecule has 0 bridgehead atoms. The van der Waals surface area contributed by atoms with Gasteiger partial charge < -0.3 is 5.32 Å². The highest BCUT2D eigenvalue weighted by atomic mass is 15.3. The minimum absolute atomic E-state index is 0.612. The summed E-state index contributed by atoms with van der Waals surface area (Å²) in [4.78, 5) is 2.89. The molecule has 0 aromatic heterocycles. The highest BCUT2D eigenvalue weighted by Gasteiger charge is 2.17. The second-order valence-corrected chi connectivity index (χ2v) is 12.4. The standard InChI is InChI=1S/C36H76N2/c1-5-9-13-17-21-25-29-33-37-36(32-28-24-20-16-12-8-4)38(34-30-26-22-18-14-10-6-2)35-31-27-23-19-15-11-7-3/h36-37H,5-35H2,1-4H3. The molecule has 2 heteroatoms. The SMILES string of the molecule is CCCCCCCCCNC(CCCCCCCC)N(CCCCCCCCC)CCCCCCCCC. The van der Waals surface area contributed by atoms with Crippen molar-refractivity contribution < 1.29 is 0 Å². The van der Waals surface area contributed by atoms with E-state index in [-0.39, 0.29) is 0 Å². The quantitative estimate of drug-likeness (QED) is 0.0662. The molecule has 0 radical (unpaired) electrons. The summed E-state index contributed by atoms with van der Waals surface area (Å²) < 4.78 is 0. The summed E-state index contributed by atoms with van der Waals surface area (Å²) in [5, 5.41) is 4.09. The van der Waals surface area contributed by atoms with Crippen LogP contribution in [0, 0.1) is 0 Å². The van der Waals surface area contributed by atoms with Gasteiger partial charge in [-0.2, -0.15) is 0 Å². The van der Waals surface area contributed by atoms with Crippen molar-refractivity contribution in [2.24, 2.45) is 0 Å². The molecule has 0 aromatic carbocycles. The Labute approximate surface area is 243 Å². The highest BCUT2D eigenvalue weighted by Crippen LogP contribution is 2.16. The number of hydrogen-bond donors (Lipinski definition) is 1. The van der Waals surface area contributed by atoms with E-state index in [1.807, 2.05) is 0 Å². The van der Waals surface area contributed by atoms with Crippen LogP contribution in [-0.2, 0) is 0 Å². The molecule has 0 aromatic rings. The Morgan fingerprint density at radius 1 is 0.368 bits per heavy atom. The van der Waals surface area contributed by atoms with Gasteiger partial charge in [0.25, 0.3) is 0 Å². The van der Waals surface area contributed by atoms with E-state index in [0.29, 0.717) is 6.17 Å². The smallest absolute Gasteiger partial charge is 0.0597 e. The van der Waals surface area contributed by atoms with Crippen LogP contribution in [0.3, 0.4) is 0 Å². The first-order chi connectivity index (χ1) is 18.8. The molecule has 1 unspecified atom stereocenters. The molecule has 0 aliphatic carbocycles. The number of rotatable bonds is 33. The molecule has 0 fully saturated rings. The van der Waals surface area contributed by atoms with Gasteiger partial charge in [0.15, 0.2) is 0 Å². The van der Waals surface area contributed by atoms with Gasteiger partial charge in [-0.15, -0.1) is 0 Å². The summed E-state index contributed by atoms with van der Waals surface area (Å²) in [6.07, 6.45) is 40.2. The van der Waals surface area contributed by atoms with Crippen molar-refractivity contribution in [1.29, 1.82) is 0 Å². The summed E-state index contributed by atoms with van der Waals surface area (Å²) >= 11 is 0. The summed E-state index contributed by atoms with van der Waals surface area (Å²) in [5.41, 5.74) is 0. The maximum atomic E-state index is 4.09. The van der Waals surface area contributed by atoms with Gasteiger partial charge in [-0.1, -0.05) is 182 Å². The highest BCUT2D eigenvalue weighted by molar-refractivity contribution is 4.71. The van der Waals surface area contributed by atoms with Crippen LogP contribution in [0.2, 0.25) is 0 Å². The molecular weight excluding hydrogens is 460 g/mol. The average Bonchev–Trinajstić information content (AvgIpc) is 2.93. The van der Waals surface area contributed by atoms with Crippen LogP contribution in [0.1, 0.15) is 207 Å². The van der Waals surface area contributed by atoms with Crippen molar-refractivity contribution in [3.63, 3.8) is 0 Å². The lowest BCUT2D eigenvalue weighted by molar-refractivity contribution is 0.145. The molecular formula is C36H76N2. The fourth-order valence-corrected chi connectivity index (χ4v) is 5.85. The van der Waals surface area contributed by atoms with E-state index < -0.39 is 0 Å². The van der Waals surface area contributed by atoms with Gasteiger partial charge in [0, 0.05) is 0 Å². The third-order valence-corrected chi connectivity index (χ3v) is 8.53.